The van der Waals surface area contributed by atoms with Crippen molar-refractivity contribution in [1.82, 2.24) is 9.80 Å². The molecule has 0 N–H and O–H groups in total. The van der Waals surface area contributed by atoms with Crippen LogP contribution >= 0.6 is 0 Å². The molecule has 0 spiro atoms. The number of rotatable bonds is 15. The zero-order valence-electron chi connectivity index (χ0n) is 23.3. The lowest BCUT2D eigenvalue weighted by Crippen LogP contribution is -2.27. The highest BCUT2D eigenvalue weighted by Crippen LogP contribution is 2.33. The molecule has 200 valence electrons. The highest BCUT2D eigenvalue weighted by molar-refractivity contribution is 6.03. The van der Waals surface area contributed by atoms with E-state index in [0.717, 1.165) is 73.0 Å². The highest BCUT2D eigenvalue weighted by Gasteiger charge is 2.15. The van der Waals surface area contributed by atoms with E-state index < -0.39 is 0 Å². The predicted octanol–water partition coefficient (Wildman–Crippen LogP) is 6.61. The Balaban J connectivity index is 1.86. The van der Waals surface area contributed by atoms with Crippen LogP contribution in [0.4, 0.5) is 0 Å². The molecule has 0 aliphatic heterocycles. The average molecular weight is 512 g/mol. The van der Waals surface area contributed by atoms with Crippen molar-refractivity contribution in [2.45, 2.75) is 27.7 Å². The Morgan fingerprint density at radius 1 is 0.605 bits per heavy atom. The predicted molar refractivity (Wildman–Crippen MR) is 157 cm³/mol. The second-order valence-electron chi connectivity index (χ2n) is 9.03. The standard InChI is InChI=1S/C33H41N3O2/c1-5-35(6-2)22-24-37-30-18-14-28(15-19-30)33(32(26-34)27-12-10-9-11-13-27)29-16-20-31(21-17-29)38-25-23-36(7-3)8-4/h9-21H,5-8,22-25H2,1-4H3. The fourth-order valence-electron chi connectivity index (χ4n) is 4.43. The van der Waals surface area contributed by atoms with Gasteiger partial charge in [-0.3, -0.25) is 0 Å². The Kier molecular flexibility index (Phi) is 11.9. The van der Waals surface area contributed by atoms with Gasteiger partial charge in [-0.1, -0.05) is 82.3 Å². The summed E-state index contributed by atoms with van der Waals surface area (Å²) in [5.41, 5.74) is 4.36. The van der Waals surface area contributed by atoms with Crippen LogP contribution in [0.3, 0.4) is 0 Å². The van der Waals surface area contributed by atoms with Gasteiger partial charge in [-0.15, -0.1) is 0 Å². The third-order valence-corrected chi connectivity index (χ3v) is 6.85. The number of hydrogen-bond donors (Lipinski definition) is 0. The Bertz CT molecular complexity index is 1090. The Morgan fingerprint density at radius 2 is 1.03 bits per heavy atom. The monoisotopic (exact) mass is 511 g/mol. The van der Waals surface area contributed by atoms with E-state index in [4.69, 9.17) is 9.47 Å². The normalized spacial score (nSPS) is 10.9. The number of likely N-dealkylation sites (N-methyl/N-ethyl adjacent to an activating group) is 2. The third kappa shape index (κ3) is 8.21. The highest BCUT2D eigenvalue weighted by atomic mass is 16.5. The molecule has 0 amide bonds. The van der Waals surface area contributed by atoms with Crippen molar-refractivity contribution in [2.24, 2.45) is 0 Å². The van der Waals surface area contributed by atoms with Crippen LogP contribution in [0.1, 0.15) is 44.4 Å². The molecule has 3 aromatic rings. The molecule has 0 atom stereocenters. The molecular weight excluding hydrogens is 470 g/mol. The van der Waals surface area contributed by atoms with Crippen LogP contribution in [-0.4, -0.2) is 62.3 Å². The van der Waals surface area contributed by atoms with Gasteiger partial charge in [0.25, 0.3) is 0 Å². The molecule has 0 aromatic heterocycles. The largest absolute Gasteiger partial charge is 0.492 e. The third-order valence-electron chi connectivity index (χ3n) is 6.85. The lowest BCUT2D eigenvalue weighted by atomic mass is 9.90. The van der Waals surface area contributed by atoms with Gasteiger partial charge in [0.1, 0.15) is 30.8 Å². The molecule has 3 aromatic carbocycles. The lowest BCUT2D eigenvalue weighted by molar-refractivity contribution is 0.223. The summed E-state index contributed by atoms with van der Waals surface area (Å²) in [5.74, 6) is 1.66. The maximum Gasteiger partial charge on any atom is 0.119 e. The van der Waals surface area contributed by atoms with E-state index in [9.17, 15) is 5.26 Å². The van der Waals surface area contributed by atoms with Crippen LogP contribution in [-0.2, 0) is 0 Å². The van der Waals surface area contributed by atoms with Gasteiger partial charge in [-0.2, -0.15) is 5.26 Å². The van der Waals surface area contributed by atoms with E-state index in [-0.39, 0.29) is 0 Å². The minimum absolute atomic E-state index is 0.635. The summed E-state index contributed by atoms with van der Waals surface area (Å²) in [5, 5.41) is 10.2. The molecule has 38 heavy (non-hydrogen) atoms. The lowest BCUT2D eigenvalue weighted by Gasteiger charge is -2.18. The smallest absolute Gasteiger partial charge is 0.119 e. The van der Waals surface area contributed by atoms with Crippen LogP contribution in [0.5, 0.6) is 11.5 Å². The van der Waals surface area contributed by atoms with E-state index in [1.54, 1.807) is 0 Å². The van der Waals surface area contributed by atoms with Crippen molar-refractivity contribution in [3.05, 3.63) is 95.6 Å². The Morgan fingerprint density at radius 3 is 1.39 bits per heavy atom. The number of allylic oxidation sites excluding steroid dienone is 1. The van der Waals surface area contributed by atoms with Gasteiger partial charge < -0.3 is 19.3 Å². The summed E-state index contributed by atoms with van der Waals surface area (Å²) in [4.78, 5) is 4.68. The van der Waals surface area contributed by atoms with E-state index in [1.165, 1.54) is 0 Å². The maximum atomic E-state index is 10.2. The summed E-state index contributed by atoms with van der Waals surface area (Å²) in [6.45, 7) is 15.8. The first-order chi connectivity index (χ1) is 18.6. The molecular formula is C33H41N3O2. The molecule has 0 saturated carbocycles. The Hall–Kier alpha value is -3.59. The summed E-state index contributed by atoms with van der Waals surface area (Å²) >= 11 is 0. The van der Waals surface area contributed by atoms with Crippen molar-refractivity contribution in [3.63, 3.8) is 0 Å². The molecule has 0 fully saturated rings. The summed E-state index contributed by atoms with van der Waals surface area (Å²) in [6.07, 6.45) is 0. The van der Waals surface area contributed by atoms with E-state index >= 15 is 0 Å². The zero-order chi connectivity index (χ0) is 27.2. The first-order valence-electron chi connectivity index (χ1n) is 13.7. The van der Waals surface area contributed by atoms with E-state index in [0.29, 0.717) is 18.8 Å². The van der Waals surface area contributed by atoms with Gasteiger partial charge in [-0.05, 0) is 67.1 Å². The van der Waals surface area contributed by atoms with Gasteiger partial charge in [-0.25, -0.2) is 0 Å². The van der Waals surface area contributed by atoms with Crippen molar-refractivity contribution in [3.8, 4) is 17.6 Å². The van der Waals surface area contributed by atoms with Crippen LogP contribution in [0.2, 0.25) is 0 Å². The van der Waals surface area contributed by atoms with Crippen molar-refractivity contribution >= 4 is 11.1 Å². The zero-order valence-corrected chi connectivity index (χ0v) is 23.3. The SMILES string of the molecule is CCN(CC)CCOc1ccc(C(=C(C#N)c2ccccc2)c2ccc(OCCN(CC)CC)cc2)cc1. The molecule has 0 heterocycles. The second kappa shape index (κ2) is 15.6. The first kappa shape index (κ1) is 29.0. The molecule has 0 bridgehead atoms. The first-order valence-corrected chi connectivity index (χ1v) is 13.7. The fourth-order valence-corrected chi connectivity index (χ4v) is 4.43. The topological polar surface area (TPSA) is 48.7 Å². The number of benzene rings is 3. The minimum Gasteiger partial charge on any atom is -0.492 e. The van der Waals surface area contributed by atoms with Crippen molar-refractivity contribution < 1.29 is 9.47 Å². The van der Waals surface area contributed by atoms with Gasteiger partial charge in [0.05, 0.1) is 5.57 Å². The summed E-state index contributed by atoms with van der Waals surface area (Å²) in [6, 6.07) is 28.4. The van der Waals surface area contributed by atoms with Gasteiger partial charge >= 0.3 is 0 Å². The van der Waals surface area contributed by atoms with Crippen molar-refractivity contribution in [1.29, 1.82) is 5.26 Å². The van der Waals surface area contributed by atoms with E-state index in [2.05, 4.69) is 43.6 Å². The molecule has 0 aliphatic carbocycles. The Labute approximate surface area is 228 Å². The molecule has 0 aliphatic rings. The second-order valence-corrected chi connectivity index (χ2v) is 9.03. The van der Waals surface area contributed by atoms with E-state index in [1.807, 2.05) is 78.9 Å². The van der Waals surface area contributed by atoms with Gasteiger partial charge in [0.15, 0.2) is 0 Å². The number of nitrogens with zero attached hydrogens (tertiary/aromatic N) is 3. The molecule has 3 rings (SSSR count). The molecule has 0 radical (unpaired) electrons. The van der Waals surface area contributed by atoms with Crippen LogP contribution in [0.25, 0.3) is 11.1 Å². The van der Waals surface area contributed by atoms with Crippen LogP contribution < -0.4 is 9.47 Å². The maximum absolute atomic E-state index is 10.2. The minimum atomic E-state index is 0.635. The van der Waals surface area contributed by atoms with Crippen molar-refractivity contribution in [2.75, 3.05) is 52.5 Å². The van der Waals surface area contributed by atoms with Crippen LogP contribution in [0.15, 0.2) is 78.9 Å². The summed E-state index contributed by atoms with van der Waals surface area (Å²) < 4.78 is 12.0. The van der Waals surface area contributed by atoms with Gasteiger partial charge in [0, 0.05) is 18.7 Å². The number of hydrogen-bond acceptors (Lipinski definition) is 5. The fraction of sp³-hybridized carbons (Fsp3) is 0.364. The molecule has 5 nitrogen and oxygen atoms in total. The number of ether oxygens (including phenoxy) is 2. The summed E-state index contributed by atoms with van der Waals surface area (Å²) in [7, 11) is 0. The molecule has 0 unspecified atom stereocenters. The number of nitriles is 1. The van der Waals surface area contributed by atoms with Crippen LogP contribution in [0, 0.1) is 11.3 Å². The molecule has 5 heteroatoms. The quantitative estimate of drug-likeness (QED) is 0.170. The van der Waals surface area contributed by atoms with Gasteiger partial charge in [0.2, 0.25) is 0 Å². The average Bonchev–Trinajstić information content (AvgIpc) is 2.97. The molecule has 0 saturated heterocycles.